The fraction of sp³-hybridized carbons (Fsp3) is 0.348. The van der Waals surface area contributed by atoms with Gasteiger partial charge in [-0.25, -0.2) is 14.2 Å². The molecule has 0 bridgehead atoms. The van der Waals surface area contributed by atoms with E-state index in [2.05, 4.69) is 10.6 Å². The molecule has 3 N–H and O–H groups in total. The number of aliphatic hydroxyl groups excluding tert-OH is 1. The Hall–Kier alpha value is -3.39. The number of amides is 2. The van der Waals surface area contributed by atoms with Crippen LogP contribution in [0.2, 0.25) is 0 Å². The van der Waals surface area contributed by atoms with Gasteiger partial charge in [0.05, 0.1) is 24.2 Å². The number of para-hydroxylation sites is 2. The van der Waals surface area contributed by atoms with Crippen molar-refractivity contribution in [2.75, 3.05) is 13.2 Å². The zero-order chi connectivity index (χ0) is 22.6. The van der Waals surface area contributed by atoms with Crippen LogP contribution in [-0.2, 0) is 11.3 Å². The maximum absolute atomic E-state index is 13.2. The molecule has 3 aromatic rings. The summed E-state index contributed by atoms with van der Waals surface area (Å²) in [6.45, 7) is 5.65. The van der Waals surface area contributed by atoms with E-state index in [-0.39, 0.29) is 13.2 Å². The normalized spacial score (nSPS) is 12.5. The molecule has 1 atom stereocenters. The molecule has 0 fully saturated rings. The molecular formula is C23H28N4O4. The Bertz CT molecular complexity index is 1130. The van der Waals surface area contributed by atoms with Gasteiger partial charge in [-0.2, -0.15) is 0 Å². The Morgan fingerprint density at radius 2 is 1.61 bits per heavy atom. The number of hydrogen-bond acceptors (Lipinski definition) is 4. The third-order valence-corrected chi connectivity index (χ3v) is 5.03. The number of imidazole rings is 1. The Kier molecular flexibility index (Phi) is 6.60. The van der Waals surface area contributed by atoms with Crippen LogP contribution in [0.25, 0.3) is 11.0 Å². The lowest BCUT2D eigenvalue weighted by molar-refractivity contribution is -0.125. The molecular weight excluding hydrogens is 396 g/mol. The van der Waals surface area contributed by atoms with Crippen LogP contribution < -0.4 is 16.3 Å². The summed E-state index contributed by atoms with van der Waals surface area (Å²) in [5.41, 5.74) is 0.934. The molecule has 0 saturated carbocycles. The van der Waals surface area contributed by atoms with Crippen LogP contribution in [-0.4, -0.2) is 45.4 Å². The fourth-order valence-corrected chi connectivity index (χ4v) is 3.47. The summed E-state index contributed by atoms with van der Waals surface area (Å²) in [4.78, 5) is 39.0. The summed E-state index contributed by atoms with van der Waals surface area (Å²) in [6.07, 6.45) is 0. The number of carbonyl (C=O) groups is 2. The van der Waals surface area contributed by atoms with Crippen LogP contribution in [0.1, 0.15) is 26.3 Å². The first kappa shape index (κ1) is 22.3. The van der Waals surface area contributed by atoms with Gasteiger partial charge < -0.3 is 15.7 Å². The van der Waals surface area contributed by atoms with Crippen LogP contribution in [0, 0.1) is 5.41 Å². The van der Waals surface area contributed by atoms with Gasteiger partial charge in [0.15, 0.2) is 0 Å². The SMILES string of the molecule is CC(C)(C)[C@H](NC(=O)n1c(=O)n(Cc2ccccc2)c2ccccc21)C(=O)NCCO. The first-order valence-electron chi connectivity index (χ1n) is 10.2. The predicted molar refractivity (Wildman–Crippen MR) is 119 cm³/mol. The lowest BCUT2D eigenvalue weighted by atomic mass is 9.86. The van der Waals surface area contributed by atoms with E-state index in [4.69, 9.17) is 5.11 Å². The lowest BCUT2D eigenvalue weighted by Gasteiger charge is -2.30. The molecule has 0 aliphatic carbocycles. The second-order valence-corrected chi connectivity index (χ2v) is 8.44. The van der Waals surface area contributed by atoms with Gasteiger partial charge in [0.25, 0.3) is 0 Å². The fourth-order valence-electron chi connectivity index (χ4n) is 3.47. The minimum absolute atomic E-state index is 0.0810. The molecule has 8 heteroatoms. The average Bonchev–Trinajstić information content (AvgIpc) is 3.01. The molecule has 31 heavy (non-hydrogen) atoms. The highest BCUT2D eigenvalue weighted by Crippen LogP contribution is 2.20. The number of rotatable bonds is 6. The quantitative estimate of drug-likeness (QED) is 0.562. The lowest BCUT2D eigenvalue weighted by Crippen LogP contribution is -2.55. The average molecular weight is 425 g/mol. The second-order valence-electron chi connectivity index (χ2n) is 8.44. The summed E-state index contributed by atoms with van der Waals surface area (Å²) in [5.74, 6) is -0.420. The summed E-state index contributed by atoms with van der Waals surface area (Å²) in [5, 5.41) is 14.3. The largest absolute Gasteiger partial charge is 0.395 e. The highest BCUT2D eigenvalue weighted by molar-refractivity contribution is 5.93. The van der Waals surface area contributed by atoms with Crippen LogP contribution in [0.4, 0.5) is 4.79 Å². The Balaban J connectivity index is 2.00. The van der Waals surface area contributed by atoms with Crippen molar-refractivity contribution in [3.05, 3.63) is 70.6 Å². The van der Waals surface area contributed by atoms with Crippen molar-refractivity contribution in [1.29, 1.82) is 0 Å². The molecule has 0 radical (unpaired) electrons. The van der Waals surface area contributed by atoms with E-state index < -0.39 is 29.1 Å². The molecule has 2 amide bonds. The molecule has 8 nitrogen and oxygen atoms in total. The van der Waals surface area contributed by atoms with Gasteiger partial charge in [-0.1, -0.05) is 63.2 Å². The van der Waals surface area contributed by atoms with Crippen molar-refractivity contribution in [3.8, 4) is 0 Å². The molecule has 164 valence electrons. The summed E-state index contributed by atoms with van der Waals surface area (Å²) in [6, 6.07) is 15.0. The molecule has 0 aliphatic rings. The first-order chi connectivity index (χ1) is 14.7. The smallest absolute Gasteiger partial charge is 0.337 e. The predicted octanol–water partition coefficient (Wildman–Crippen LogP) is 1.93. The Morgan fingerprint density at radius 1 is 1.00 bits per heavy atom. The molecule has 1 heterocycles. The van der Waals surface area contributed by atoms with Gasteiger partial charge in [0.2, 0.25) is 5.91 Å². The van der Waals surface area contributed by atoms with Crippen LogP contribution in [0.15, 0.2) is 59.4 Å². The summed E-state index contributed by atoms with van der Waals surface area (Å²) >= 11 is 0. The highest BCUT2D eigenvalue weighted by atomic mass is 16.3. The molecule has 0 aliphatic heterocycles. The minimum atomic E-state index is -0.894. The minimum Gasteiger partial charge on any atom is -0.395 e. The van der Waals surface area contributed by atoms with Gasteiger partial charge in [0, 0.05) is 6.54 Å². The molecule has 1 aromatic heterocycles. The molecule has 2 aromatic carbocycles. The number of aliphatic hydroxyl groups is 1. The van der Waals surface area contributed by atoms with Crippen molar-refractivity contribution in [1.82, 2.24) is 19.8 Å². The number of hydrogen-bond donors (Lipinski definition) is 3. The van der Waals surface area contributed by atoms with Gasteiger partial charge in [-0.3, -0.25) is 9.36 Å². The van der Waals surface area contributed by atoms with E-state index in [9.17, 15) is 14.4 Å². The zero-order valence-electron chi connectivity index (χ0n) is 18.0. The maximum atomic E-state index is 13.2. The number of aromatic nitrogens is 2. The van der Waals surface area contributed by atoms with Gasteiger partial charge in [-0.15, -0.1) is 0 Å². The molecule has 0 spiro atoms. The third kappa shape index (κ3) is 4.86. The van der Waals surface area contributed by atoms with Crippen LogP contribution >= 0.6 is 0 Å². The van der Waals surface area contributed by atoms with E-state index in [0.717, 1.165) is 10.1 Å². The van der Waals surface area contributed by atoms with E-state index in [1.807, 2.05) is 57.2 Å². The Labute approximate surface area is 180 Å². The van der Waals surface area contributed by atoms with Crippen LogP contribution in [0.3, 0.4) is 0 Å². The molecule has 0 unspecified atom stereocenters. The van der Waals surface area contributed by atoms with E-state index in [1.54, 1.807) is 22.8 Å². The van der Waals surface area contributed by atoms with Gasteiger partial charge >= 0.3 is 11.7 Å². The van der Waals surface area contributed by atoms with E-state index in [1.165, 1.54) is 0 Å². The number of carbonyl (C=O) groups excluding carboxylic acids is 2. The maximum Gasteiger partial charge on any atom is 0.337 e. The number of fused-ring (bicyclic) bond motifs is 1. The number of nitrogens with zero attached hydrogens (tertiary/aromatic N) is 2. The van der Waals surface area contributed by atoms with Crippen molar-refractivity contribution >= 4 is 23.0 Å². The van der Waals surface area contributed by atoms with Crippen LogP contribution in [0.5, 0.6) is 0 Å². The molecule has 0 saturated heterocycles. The highest BCUT2D eigenvalue weighted by Gasteiger charge is 2.34. The third-order valence-electron chi connectivity index (χ3n) is 5.03. The molecule has 3 rings (SSSR count). The second kappa shape index (κ2) is 9.18. The van der Waals surface area contributed by atoms with E-state index >= 15 is 0 Å². The number of benzene rings is 2. The van der Waals surface area contributed by atoms with Crippen molar-refractivity contribution in [2.24, 2.45) is 5.41 Å². The van der Waals surface area contributed by atoms with Crippen molar-refractivity contribution in [3.63, 3.8) is 0 Å². The van der Waals surface area contributed by atoms with Gasteiger partial charge in [0.1, 0.15) is 6.04 Å². The standard InChI is InChI=1S/C23H28N4O4/c1-23(2,3)19(20(29)24-13-14-28)25-21(30)27-18-12-8-7-11-17(18)26(22(27)31)15-16-9-5-4-6-10-16/h4-12,19,28H,13-15H2,1-3H3,(H,24,29)(H,25,30)/t19-/m1/s1. The Morgan fingerprint density at radius 3 is 2.23 bits per heavy atom. The summed E-state index contributed by atoms with van der Waals surface area (Å²) < 4.78 is 2.61. The number of nitrogens with one attached hydrogen (secondary N) is 2. The zero-order valence-corrected chi connectivity index (χ0v) is 18.0. The topological polar surface area (TPSA) is 105 Å². The monoisotopic (exact) mass is 424 g/mol. The van der Waals surface area contributed by atoms with Crippen molar-refractivity contribution in [2.45, 2.75) is 33.4 Å². The van der Waals surface area contributed by atoms with Gasteiger partial charge in [-0.05, 0) is 23.1 Å². The van der Waals surface area contributed by atoms with Crippen molar-refractivity contribution < 1.29 is 14.7 Å². The first-order valence-corrected chi connectivity index (χ1v) is 10.2. The van der Waals surface area contributed by atoms with E-state index in [0.29, 0.717) is 17.6 Å². The summed E-state index contributed by atoms with van der Waals surface area (Å²) in [7, 11) is 0.